The Labute approximate surface area is 135 Å². The second kappa shape index (κ2) is 6.66. The third kappa shape index (κ3) is 3.14. The van der Waals surface area contributed by atoms with E-state index in [1.54, 1.807) is 0 Å². The highest BCUT2D eigenvalue weighted by Crippen LogP contribution is 2.29. The molecule has 1 aliphatic heterocycles. The minimum absolute atomic E-state index is 0. The van der Waals surface area contributed by atoms with Crippen molar-refractivity contribution in [2.45, 2.75) is 18.5 Å². The van der Waals surface area contributed by atoms with Crippen molar-refractivity contribution in [1.82, 2.24) is 0 Å². The molecular weight excluding hydrogens is 300 g/mol. The first-order valence-electron chi connectivity index (χ1n) is 7.02. The quantitative estimate of drug-likeness (QED) is 0.501. The average molecular weight is 319 g/mol. The lowest BCUT2D eigenvalue weighted by Crippen LogP contribution is -3.00. The Bertz CT molecular complexity index is 632. The minimum atomic E-state index is -0.286. The number of halogens is 1. The molecule has 6 heteroatoms. The van der Waals surface area contributed by atoms with Gasteiger partial charge in [0.15, 0.2) is 18.4 Å². The van der Waals surface area contributed by atoms with Gasteiger partial charge < -0.3 is 28.8 Å². The normalized spacial score (nSPS) is 20.5. The highest BCUT2D eigenvalue weighted by Gasteiger charge is 2.40. The minimum Gasteiger partial charge on any atom is -1.00 e. The summed E-state index contributed by atoms with van der Waals surface area (Å²) in [5, 5.41) is 0. The molecule has 5 nitrogen and oxygen atoms in total. The number of nitrogens with two attached hydrogens (primary N) is 2. The van der Waals surface area contributed by atoms with Crippen LogP contribution in [0.3, 0.4) is 0 Å². The van der Waals surface area contributed by atoms with Crippen LogP contribution in [0.1, 0.15) is 12.5 Å². The fourth-order valence-corrected chi connectivity index (χ4v) is 2.91. The smallest absolute Gasteiger partial charge is 0.240 e. The first-order valence-corrected chi connectivity index (χ1v) is 7.02. The van der Waals surface area contributed by atoms with Crippen LogP contribution in [0.5, 0.6) is 0 Å². The first kappa shape index (κ1) is 16.1. The zero-order chi connectivity index (χ0) is 14.8. The standard InChI is InChI=1S/C16H18N4O.ClH/c17-12-4-6-13(7-5-12)20-11-14(10-15(20)16(18)21)19-8-2-1-3-9-19;/h1-9,14-15H,10-11,17H2,(H-,18,21);1H. The third-order valence-corrected chi connectivity index (χ3v) is 3.99. The van der Waals surface area contributed by atoms with E-state index in [2.05, 4.69) is 9.47 Å². The molecule has 2 aromatic rings. The lowest BCUT2D eigenvalue weighted by Gasteiger charge is -2.23. The molecule has 1 aromatic heterocycles. The summed E-state index contributed by atoms with van der Waals surface area (Å²) in [5.41, 5.74) is 13.0. The number of rotatable bonds is 3. The molecule has 1 fully saturated rings. The number of hydrogen-bond donors (Lipinski definition) is 2. The summed E-state index contributed by atoms with van der Waals surface area (Å²) in [7, 11) is 0. The summed E-state index contributed by atoms with van der Waals surface area (Å²) in [6, 6.07) is 13.5. The van der Waals surface area contributed by atoms with Gasteiger partial charge in [-0.1, -0.05) is 6.07 Å². The number of carbonyl (C=O) groups is 1. The number of hydrogen-bond acceptors (Lipinski definition) is 3. The van der Waals surface area contributed by atoms with E-state index in [4.69, 9.17) is 11.5 Å². The molecule has 2 heterocycles. The Morgan fingerprint density at radius 1 is 1.14 bits per heavy atom. The number of carbonyl (C=O) groups excluding carboxylic acids is 1. The highest BCUT2D eigenvalue weighted by molar-refractivity contribution is 5.84. The molecule has 22 heavy (non-hydrogen) atoms. The van der Waals surface area contributed by atoms with Crippen LogP contribution in [-0.4, -0.2) is 18.5 Å². The van der Waals surface area contributed by atoms with Gasteiger partial charge in [0.05, 0.1) is 6.54 Å². The Balaban J connectivity index is 0.00000176. The van der Waals surface area contributed by atoms with Gasteiger partial charge in [-0.3, -0.25) is 4.79 Å². The summed E-state index contributed by atoms with van der Waals surface area (Å²) >= 11 is 0. The van der Waals surface area contributed by atoms with E-state index in [-0.39, 0.29) is 30.4 Å². The molecule has 1 amide bonds. The molecule has 2 unspecified atom stereocenters. The van der Waals surface area contributed by atoms with Gasteiger partial charge >= 0.3 is 0 Å². The molecule has 0 spiro atoms. The second-order valence-corrected chi connectivity index (χ2v) is 5.37. The fourth-order valence-electron chi connectivity index (χ4n) is 2.91. The van der Waals surface area contributed by atoms with E-state index in [9.17, 15) is 4.79 Å². The van der Waals surface area contributed by atoms with E-state index >= 15 is 0 Å². The zero-order valence-electron chi connectivity index (χ0n) is 12.1. The van der Waals surface area contributed by atoms with Gasteiger partial charge in [0.1, 0.15) is 6.04 Å². The number of amides is 1. The average Bonchev–Trinajstić information content (AvgIpc) is 2.94. The van der Waals surface area contributed by atoms with Crippen LogP contribution < -0.4 is 33.3 Å². The van der Waals surface area contributed by atoms with Gasteiger partial charge in [0.2, 0.25) is 5.91 Å². The fraction of sp³-hybridized carbons (Fsp3) is 0.250. The topological polar surface area (TPSA) is 76.2 Å². The Morgan fingerprint density at radius 3 is 2.36 bits per heavy atom. The van der Waals surface area contributed by atoms with Crippen molar-refractivity contribution in [3.63, 3.8) is 0 Å². The molecule has 1 aliphatic rings. The van der Waals surface area contributed by atoms with Crippen LogP contribution in [0.2, 0.25) is 0 Å². The molecule has 2 atom stereocenters. The largest absolute Gasteiger partial charge is 1.00 e. The molecule has 4 N–H and O–H groups in total. The van der Waals surface area contributed by atoms with Gasteiger partial charge in [-0.25, -0.2) is 4.57 Å². The Morgan fingerprint density at radius 2 is 1.77 bits per heavy atom. The monoisotopic (exact) mass is 318 g/mol. The zero-order valence-corrected chi connectivity index (χ0v) is 12.9. The first-order chi connectivity index (χ1) is 10.1. The highest BCUT2D eigenvalue weighted by atomic mass is 35.5. The lowest BCUT2D eigenvalue weighted by molar-refractivity contribution is -0.718. The van der Waals surface area contributed by atoms with Gasteiger partial charge in [0, 0.05) is 29.9 Å². The number of aromatic nitrogens is 1. The molecule has 1 saturated heterocycles. The van der Waals surface area contributed by atoms with Crippen LogP contribution in [0.25, 0.3) is 0 Å². The molecular formula is C16H19ClN4O. The van der Waals surface area contributed by atoms with E-state index < -0.39 is 0 Å². The van der Waals surface area contributed by atoms with E-state index in [1.165, 1.54) is 0 Å². The predicted molar refractivity (Wildman–Crippen MR) is 81.5 cm³/mol. The van der Waals surface area contributed by atoms with Crippen molar-refractivity contribution in [1.29, 1.82) is 0 Å². The lowest BCUT2D eigenvalue weighted by atomic mass is 10.1. The second-order valence-electron chi connectivity index (χ2n) is 5.37. The van der Waals surface area contributed by atoms with Crippen molar-refractivity contribution in [3.05, 3.63) is 54.9 Å². The molecule has 0 radical (unpaired) electrons. The van der Waals surface area contributed by atoms with Gasteiger partial charge in [0.25, 0.3) is 0 Å². The number of pyridine rings is 1. The van der Waals surface area contributed by atoms with E-state index in [0.29, 0.717) is 12.1 Å². The van der Waals surface area contributed by atoms with Crippen LogP contribution in [0.15, 0.2) is 54.9 Å². The van der Waals surface area contributed by atoms with Crippen molar-refractivity contribution >= 4 is 17.3 Å². The van der Waals surface area contributed by atoms with E-state index in [0.717, 1.165) is 12.2 Å². The number of primary amides is 1. The van der Waals surface area contributed by atoms with Crippen molar-refractivity contribution < 1.29 is 21.8 Å². The summed E-state index contributed by atoms with van der Waals surface area (Å²) in [4.78, 5) is 13.8. The Kier molecular flexibility index (Phi) is 4.88. The number of nitrogens with zero attached hydrogens (tertiary/aromatic N) is 2. The summed E-state index contributed by atoms with van der Waals surface area (Å²) in [6.45, 7) is 0.756. The van der Waals surface area contributed by atoms with Crippen LogP contribution >= 0.6 is 0 Å². The molecule has 116 valence electrons. The number of anilines is 2. The summed E-state index contributed by atoms with van der Waals surface area (Å²) in [6.07, 6.45) is 4.76. The Hall–Kier alpha value is -2.27. The summed E-state index contributed by atoms with van der Waals surface area (Å²) < 4.78 is 2.13. The van der Waals surface area contributed by atoms with E-state index in [1.807, 2.05) is 54.9 Å². The van der Waals surface area contributed by atoms with Gasteiger partial charge in [-0.15, -0.1) is 0 Å². The third-order valence-electron chi connectivity index (χ3n) is 3.99. The summed E-state index contributed by atoms with van der Waals surface area (Å²) in [5.74, 6) is -0.286. The number of benzene rings is 1. The molecule has 1 aromatic carbocycles. The van der Waals surface area contributed by atoms with Crippen molar-refractivity contribution in [2.75, 3.05) is 17.2 Å². The van der Waals surface area contributed by atoms with Crippen LogP contribution in [-0.2, 0) is 4.79 Å². The maximum absolute atomic E-state index is 11.8. The van der Waals surface area contributed by atoms with Gasteiger partial charge in [-0.05, 0) is 24.3 Å². The number of nitrogen functional groups attached to an aromatic ring is 1. The van der Waals surface area contributed by atoms with Gasteiger partial charge in [-0.2, -0.15) is 0 Å². The molecule has 3 rings (SSSR count). The van der Waals surface area contributed by atoms with Crippen molar-refractivity contribution in [3.8, 4) is 0 Å². The maximum Gasteiger partial charge on any atom is 0.240 e. The maximum atomic E-state index is 11.8. The SMILES string of the molecule is NC(=O)C1CC([n+]2ccccc2)CN1c1ccc(N)cc1.[Cl-]. The predicted octanol–water partition coefficient (Wildman–Crippen LogP) is -2.13. The molecule has 0 bridgehead atoms. The van der Waals surface area contributed by atoms with Crippen molar-refractivity contribution in [2.24, 2.45) is 5.73 Å². The molecule has 0 aliphatic carbocycles. The van der Waals surface area contributed by atoms with Crippen LogP contribution in [0, 0.1) is 0 Å². The van der Waals surface area contributed by atoms with Crippen LogP contribution in [0.4, 0.5) is 11.4 Å². The molecule has 0 saturated carbocycles.